The fourth-order valence-electron chi connectivity index (χ4n) is 3.06. The topological polar surface area (TPSA) is 87.1 Å². The predicted octanol–water partition coefficient (Wildman–Crippen LogP) is 3.27. The Labute approximate surface area is 145 Å². The highest BCUT2D eigenvalue weighted by Gasteiger charge is 2.35. The molecule has 128 valence electrons. The van der Waals surface area contributed by atoms with E-state index in [2.05, 4.69) is 20.2 Å². The minimum Gasteiger partial charge on any atom is -0.392 e. The molecular formula is C17H22N4O2S. The number of amides is 2. The van der Waals surface area contributed by atoms with Gasteiger partial charge in [-0.3, -0.25) is 0 Å². The molecule has 7 heteroatoms. The summed E-state index contributed by atoms with van der Waals surface area (Å²) < 4.78 is 3.84. The number of carbonyl (C=O) groups is 1. The molecule has 0 saturated heterocycles. The minimum atomic E-state index is -0.349. The van der Waals surface area contributed by atoms with Crippen LogP contribution in [0.15, 0.2) is 29.6 Å². The first-order chi connectivity index (χ1) is 11.6. The number of aliphatic hydroxyl groups excluding tert-OH is 1. The number of rotatable bonds is 4. The molecule has 0 spiro atoms. The van der Waals surface area contributed by atoms with Gasteiger partial charge in [0.15, 0.2) is 0 Å². The van der Waals surface area contributed by atoms with Gasteiger partial charge in [-0.2, -0.15) is 0 Å². The Bertz CT molecular complexity index is 674. The maximum Gasteiger partial charge on any atom is 0.319 e. The second-order valence-electron chi connectivity index (χ2n) is 6.59. The first kappa shape index (κ1) is 16.9. The molecule has 3 N–H and O–H groups in total. The number of aromatic nitrogens is 2. The summed E-state index contributed by atoms with van der Waals surface area (Å²) in [6.07, 6.45) is 3.56. The summed E-state index contributed by atoms with van der Waals surface area (Å²) in [5.74, 6) is 0. The van der Waals surface area contributed by atoms with E-state index in [9.17, 15) is 9.90 Å². The molecule has 3 rings (SSSR count). The number of nitrogens with zero attached hydrogens (tertiary/aromatic N) is 2. The summed E-state index contributed by atoms with van der Waals surface area (Å²) in [5, 5.41) is 21.8. The van der Waals surface area contributed by atoms with Crippen LogP contribution in [-0.4, -0.2) is 33.4 Å². The smallest absolute Gasteiger partial charge is 0.319 e. The second kappa shape index (κ2) is 7.27. The molecule has 0 aliphatic heterocycles. The SMILES string of the molecule is C[C@@]1(CNC(=O)Nc2ccc(-c3csnn3)cc2)CCCC[C@@H]1O. The van der Waals surface area contributed by atoms with E-state index in [0.717, 1.165) is 36.9 Å². The Balaban J connectivity index is 1.53. The van der Waals surface area contributed by atoms with E-state index in [1.165, 1.54) is 11.5 Å². The molecule has 1 aromatic heterocycles. The summed E-state index contributed by atoms with van der Waals surface area (Å²) in [7, 11) is 0. The highest BCUT2D eigenvalue weighted by Crippen LogP contribution is 2.35. The van der Waals surface area contributed by atoms with E-state index in [1.807, 2.05) is 36.6 Å². The van der Waals surface area contributed by atoms with Crippen LogP contribution in [0.2, 0.25) is 0 Å². The molecular weight excluding hydrogens is 324 g/mol. The van der Waals surface area contributed by atoms with Crippen LogP contribution < -0.4 is 10.6 Å². The van der Waals surface area contributed by atoms with Crippen molar-refractivity contribution in [2.24, 2.45) is 5.41 Å². The van der Waals surface area contributed by atoms with Gasteiger partial charge < -0.3 is 15.7 Å². The van der Waals surface area contributed by atoms with Gasteiger partial charge in [0.2, 0.25) is 0 Å². The van der Waals surface area contributed by atoms with Crippen LogP contribution in [0.5, 0.6) is 0 Å². The number of urea groups is 1. The summed E-state index contributed by atoms with van der Waals surface area (Å²) in [6, 6.07) is 7.23. The molecule has 0 radical (unpaired) electrons. The number of carbonyl (C=O) groups excluding carboxylic acids is 1. The fourth-order valence-corrected chi connectivity index (χ4v) is 3.53. The maximum atomic E-state index is 12.1. The van der Waals surface area contributed by atoms with Crippen LogP contribution >= 0.6 is 11.5 Å². The van der Waals surface area contributed by atoms with Crippen molar-refractivity contribution < 1.29 is 9.90 Å². The Morgan fingerprint density at radius 3 is 2.83 bits per heavy atom. The Kier molecular flexibility index (Phi) is 5.11. The van der Waals surface area contributed by atoms with Crippen LogP contribution in [0.3, 0.4) is 0 Å². The minimum absolute atomic E-state index is 0.239. The van der Waals surface area contributed by atoms with Crippen molar-refractivity contribution >= 4 is 23.3 Å². The van der Waals surface area contributed by atoms with Gasteiger partial charge >= 0.3 is 6.03 Å². The van der Waals surface area contributed by atoms with E-state index in [1.54, 1.807) is 0 Å². The van der Waals surface area contributed by atoms with E-state index in [-0.39, 0.29) is 17.6 Å². The highest BCUT2D eigenvalue weighted by molar-refractivity contribution is 7.03. The van der Waals surface area contributed by atoms with E-state index in [0.29, 0.717) is 12.2 Å². The van der Waals surface area contributed by atoms with E-state index < -0.39 is 0 Å². The molecule has 1 heterocycles. The summed E-state index contributed by atoms with van der Waals surface area (Å²) >= 11 is 1.31. The van der Waals surface area contributed by atoms with Crippen LogP contribution in [0.1, 0.15) is 32.6 Å². The van der Waals surface area contributed by atoms with Crippen molar-refractivity contribution in [2.75, 3.05) is 11.9 Å². The summed E-state index contributed by atoms with van der Waals surface area (Å²) in [6.45, 7) is 2.51. The van der Waals surface area contributed by atoms with Gasteiger partial charge in [0, 0.05) is 28.6 Å². The number of hydrogen-bond donors (Lipinski definition) is 3. The molecule has 2 amide bonds. The van der Waals surface area contributed by atoms with E-state index in [4.69, 9.17) is 0 Å². The number of nitrogens with one attached hydrogen (secondary N) is 2. The zero-order valence-electron chi connectivity index (χ0n) is 13.7. The second-order valence-corrected chi connectivity index (χ2v) is 7.20. The molecule has 0 bridgehead atoms. The standard InChI is InChI=1S/C17H22N4O2S/c1-17(9-3-2-4-15(17)22)11-18-16(23)19-13-7-5-12(6-8-13)14-10-24-21-20-14/h5-8,10,15,22H,2-4,9,11H2,1H3,(H2,18,19,23)/t15-,17-/m0/s1. The molecule has 1 fully saturated rings. The number of anilines is 1. The lowest BCUT2D eigenvalue weighted by molar-refractivity contribution is 0.00333. The molecule has 2 aromatic rings. The first-order valence-electron chi connectivity index (χ1n) is 8.17. The quantitative estimate of drug-likeness (QED) is 0.793. The average Bonchev–Trinajstić information content (AvgIpc) is 3.11. The van der Waals surface area contributed by atoms with Gasteiger partial charge in [-0.25, -0.2) is 4.79 Å². The third-order valence-corrected chi connectivity index (χ3v) is 5.24. The lowest BCUT2D eigenvalue weighted by atomic mass is 9.73. The average molecular weight is 346 g/mol. The first-order valence-corrected chi connectivity index (χ1v) is 9.01. The van der Waals surface area contributed by atoms with Crippen molar-refractivity contribution in [1.29, 1.82) is 0 Å². The molecule has 24 heavy (non-hydrogen) atoms. The fraction of sp³-hybridized carbons (Fsp3) is 0.471. The van der Waals surface area contributed by atoms with Gasteiger partial charge in [0.1, 0.15) is 5.69 Å². The molecule has 6 nitrogen and oxygen atoms in total. The summed E-state index contributed by atoms with van der Waals surface area (Å²) in [4.78, 5) is 12.1. The molecule has 1 aromatic carbocycles. The van der Waals surface area contributed by atoms with Crippen LogP contribution in [0.4, 0.5) is 10.5 Å². The molecule has 0 unspecified atom stereocenters. The predicted molar refractivity (Wildman–Crippen MR) is 94.9 cm³/mol. The van der Waals surface area contributed by atoms with Gasteiger partial charge in [0.05, 0.1) is 6.10 Å². The molecule has 1 aliphatic rings. The van der Waals surface area contributed by atoms with Crippen LogP contribution in [-0.2, 0) is 0 Å². The molecule has 2 atom stereocenters. The van der Waals surface area contributed by atoms with Gasteiger partial charge in [0.25, 0.3) is 0 Å². The maximum absolute atomic E-state index is 12.1. The zero-order valence-corrected chi connectivity index (χ0v) is 14.5. The highest BCUT2D eigenvalue weighted by atomic mass is 32.1. The monoisotopic (exact) mass is 346 g/mol. The Morgan fingerprint density at radius 1 is 1.38 bits per heavy atom. The van der Waals surface area contributed by atoms with E-state index >= 15 is 0 Å². The lowest BCUT2D eigenvalue weighted by Crippen LogP contribution is -2.46. The number of aliphatic hydroxyl groups is 1. The van der Waals surface area contributed by atoms with Crippen molar-refractivity contribution in [1.82, 2.24) is 14.9 Å². The van der Waals surface area contributed by atoms with Crippen LogP contribution in [0, 0.1) is 5.41 Å². The van der Waals surface area contributed by atoms with Gasteiger partial charge in [-0.15, -0.1) is 5.10 Å². The lowest BCUT2D eigenvalue weighted by Gasteiger charge is -2.38. The largest absolute Gasteiger partial charge is 0.392 e. The van der Waals surface area contributed by atoms with Crippen molar-refractivity contribution in [3.63, 3.8) is 0 Å². The van der Waals surface area contributed by atoms with Crippen molar-refractivity contribution in [3.8, 4) is 11.3 Å². The van der Waals surface area contributed by atoms with Crippen molar-refractivity contribution in [2.45, 2.75) is 38.7 Å². The Morgan fingerprint density at radius 2 is 2.17 bits per heavy atom. The molecule has 1 aliphatic carbocycles. The summed E-state index contributed by atoms with van der Waals surface area (Å²) in [5.41, 5.74) is 2.27. The van der Waals surface area contributed by atoms with Crippen LogP contribution in [0.25, 0.3) is 11.3 Å². The zero-order chi connectivity index (χ0) is 17.0. The Hall–Kier alpha value is -1.99. The van der Waals surface area contributed by atoms with Gasteiger partial charge in [-0.05, 0) is 36.5 Å². The number of hydrogen-bond acceptors (Lipinski definition) is 5. The normalized spacial score (nSPS) is 23.7. The third kappa shape index (κ3) is 3.91. The molecule has 1 saturated carbocycles. The third-order valence-electron chi connectivity index (χ3n) is 4.73. The van der Waals surface area contributed by atoms with Gasteiger partial charge in [-0.1, -0.05) is 36.4 Å². The number of benzene rings is 1. The van der Waals surface area contributed by atoms with Crippen molar-refractivity contribution in [3.05, 3.63) is 29.6 Å².